The smallest absolute Gasteiger partial charge is 0.243 e. The van der Waals surface area contributed by atoms with Gasteiger partial charge in [-0.1, -0.05) is 18.5 Å². The van der Waals surface area contributed by atoms with Gasteiger partial charge in [-0.25, -0.2) is 0 Å². The largest absolute Gasteiger partial charge is 0.338 e. The lowest BCUT2D eigenvalue weighted by Crippen LogP contribution is -2.26. The predicted molar refractivity (Wildman–Crippen MR) is 60.7 cm³/mol. The normalized spacial score (nSPS) is 21.8. The lowest BCUT2D eigenvalue weighted by atomic mass is 10.1. The maximum absolute atomic E-state index is 5.26. The molecule has 5 heteroatoms. The first-order valence-corrected chi connectivity index (χ1v) is 6.69. The van der Waals surface area contributed by atoms with Crippen LogP contribution in [0.2, 0.25) is 0 Å². The van der Waals surface area contributed by atoms with Crippen molar-refractivity contribution in [3.8, 4) is 0 Å². The van der Waals surface area contributed by atoms with E-state index in [0.29, 0.717) is 0 Å². The van der Waals surface area contributed by atoms with E-state index in [1.807, 2.05) is 11.8 Å². The Labute approximate surface area is 94.2 Å². The highest BCUT2D eigenvalue weighted by Crippen LogP contribution is 2.21. The van der Waals surface area contributed by atoms with E-state index in [4.69, 9.17) is 4.52 Å². The van der Waals surface area contributed by atoms with Gasteiger partial charge in [-0.15, -0.1) is 0 Å². The fourth-order valence-electron chi connectivity index (χ4n) is 1.72. The Hall–Kier alpha value is -0.550. The highest BCUT2D eigenvalue weighted by Gasteiger charge is 2.20. The molecule has 0 bridgehead atoms. The van der Waals surface area contributed by atoms with Crippen LogP contribution in [-0.2, 0) is 5.75 Å². The standard InChI is InChI=1S/C10H17N3OS/c1-2-15-7-9-12-10(14-13-9)8-5-3-4-6-11-8/h8,11H,2-7H2,1H3. The summed E-state index contributed by atoms with van der Waals surface area (Å²) < 4.78 is 5.26. The number of nitrogens with zero attached hydrogens (tertiary/aromatic N) is 2. The molecule has 1 aliphatic rings. The molecule has 84 valence electrons. The van der Waals surface area contributed by atoms with Crippen molar-refractivity contribution in [1.82, 2.24) is 15.5 Å². The molecule has 0 amide bonds. The molecule has 1 unspecified atom stereocenters. The maximum atomic E-state index is 5.26. The van der Waals surface area contributed by atoms with Gasteiger partial charge in [-0.2, -0.15) is 16.7 Å². The molecule has 1 aromatic rings. The SMILES string of the molecule is CCSCc1noc(C2CCCCN2)n1. The Morgan fingerprint density at radius 1 is 1.53 bits per heavy atom. The van der Waals surface area contributed by atoms with Crippen LogP contribution in [0.1, 0.15) is 43.9 Å². The molecule has 1 N–H and O–H groups in total. The van der Waals surface area contributed by atoms with Gasteiger partial charge in [0.05, 0.1) is 11.8 Å². The summed E-state index contributed by atoms with van der Waals surface area (Å²) in [7, 11) is 0. The number of hydrogen-bond acceptors (Lipinski definition) is 5. The van der Waals surface area contributed by atoms with E-state index < -0.39 is 0 Å². The summed E-state index contributed by atoms with van der Waals surface area (Å²) in [5.74, 6) is 3.53. The van der Waals surface area contributed by atoms with Gasteiger partial charge in [0.1, 0.15) is 0 Å². The van der Waals surface area contributed by atoms with Crippen LogP contribution in [-0.4, -0.2) is 22.4 Å². The lowest BCUT2D eigenvalue weighted by Gasteiger charge is -2.19. The lowest BCUT2D eigenvalue weighted by molar-refractivity contribution is 0.296. The van der Waals surface area contributed by atoms with E-state index in [0.717, 1.165) is 36.2 Å². The van der Waals surface area contributed by atoms with Crippen molar-refractivity contribution < 1.29 is 4.52 Å². The first-order valence-electron chi connectivity index (χ1n) is 5.53. The van der Waals surface area contributed by atoms with E-state index in [9.17, 15) is 0 Å². The monoisotopic (exact) mass is 227 g/mol. The summed E-state index contributed by atoms with van der Waals surface area (Å²) in [4.78, 5) is 4.41. The minimum atomic E-state index is 0.284. The molecule has 0 radical (unpaired) electrons. The van der Waals surface area contributed by atoms with Gasteiger partial charge in [0, 0.05) is 0 Å². The Kier molecular flexibility index (Phi) is 4.02. The van der Waals surface area contributed by atoms with E-state index in [1.165, 1.54) is 12.8 Å². The van der Waals surface area contributed by atoms with Gasteiger partial charge in [0.25, 0.3) is 0 Å². The Morgan fingerprint density at radius 3 is 3.20 bits per heavy atom. The van der Waals surface area contributed by atoms with Gasteiger partial charge in [-0.3, -0.25) is 0 Å². The number of nitrogens with one attached hydrogen (secondary N) is 1. The quantitative estimate of drug-likeness (QED) is 0.854. The van der Waals surface area contributed by atoms with E-state index in [1.54, 1.807) is 0 Å². The van der Waals surface area contributed by atoms with Crippen molar-refractivity contribution >= 4 is 11.8 Å². The van der Waals surface area contributed by atoms with E-state index in [2.05, 4.69) is 22.4 Å². The van der Waals surface area contributed by atoms with Crippen LogP contribution in [0.15, 0.2) is 4.52 Å². The number of rotatable bonds is 4. The number of aromatic nitrogens is 2. The topological polar surface area (TPSA) is 51.0 Å². The van der Waals surface area contributed by atoms with E-state index in [-0.39, 0.29) is 6.04 Å². The first-order chi connectivity index (χ1) is 7.40. The predicted octanol–water partition coefficient (Wildman–Crippen LogP) is 2.14. The third-order valence-corrected chi connectivity index (χ3v) is 3.40. The molecule has 2 heterocycles. The Morgan fingerprint density at radius 2 is 2.47 bits per heavy atom. The second-order valence-corrected chi connectivity index (χ2v) is 4.96. The summed E-state index contributed by atoms with van der Waals surface area (Å²) in [6, 6.07) is 0.284. The Balaban J connectivity index is 1.93. The molecule has 1 aliphatic heterocycles. The molecule has 15 heavy (non-hydrogen) atoms. The van der Waals surface area contributed by atoms with Gasteiger partial charge in [-0.05, 0) is 25.1 Å². The van der Waals surface area contributed by atoms with Crippen LogP contribution in [0.3, 0.4) is 0 Å². The summed E-state index contributed by atoms with van der Waals surface area (Å²) in [5.41, 5.74) is 0. The van der Waals surface area contributed by atoms with Crippen LogP contribution in [0.25, 0.3) is 0 Å². The molecule has 4 nitrogen and oxygen atoms in total. The zero-order chi connectivity index (χ0) is 10.5. The molecule has 1 saturated heterocycles. The van der Waals surface area contributed by atoms with Crippen LogP contribution in [0.4, 0.5) is 0 Å². The minimum absolute atomic E-state index is 0.284. The number of piperidine rings is 1. The zero-order valence-electron chi connectivity index (χ0n) is 9.03. The number of thioether (sulfide) groups is 1. The summed E-state index contributed by atoms with van der Waals surface area (Å²) >= 11 is 1.82. The van der Waals surface area contributed by atoms with Gasteiger partial charge >= 0.3 is 0 Å². The maximum Gasteiger partial charge on any atom is 0.243 e. The second-order valence-electron chi connectivity index (χ2n) is 3.69. The fourth-order valence-corrected chi connectivity index (χ4v) is 2.23. The van der Waals surface area contributed by atoms with Crippen molar-refractivity contribution in [2.75, 3.05) is 12.3 Å². The van der Waals surface area contributed by atoms with Gasteiger partial charge in [0.15, 0.2) is 5.82 Å². The molecule has 2 rings (SSSR count). The molecular formula is C10H17N3OS. The summed E-state index contributed by atoms with van der Waals surface area (Å²) in [6.45, 7) is 3.19. The van der Waals surface area contributed by atoms with Gasteiger partial charge < -0.3 is 9.84 Å². The molecule has 1 aromatic heterocycles. The van der Waals surface area contributed by atoms with Crippen LogP contribution in [0, 0.1) is 0 Å². The third-order valence-electron chi connectivity index (χ3n) is 2.53. The average molecular weight is 227 g/mol. The molecule has 0 saturated carbocycles. The number of hydrogen-bond donors (Lipinski definition) is 1. The van der Waals surface area contributed by atoms with Crippen LogP contribution >= 0.6 is 11.8 Å². The zero-order valence-corrected chi connectivity index (χ0v) is 9.85. The van der Waals surface area contributed by atoms with Crippen LogP contribution < -0.4 is 5.32 Å². The second kappa shape index (κ2) is 5.51. The highest BCUT2D eigenvalue weighted by atomic mass is 32.2. The highest BCUT2D eigenvalue weighted by molar-refractivity contribution is 7.98. The third kappa shape index (κ3) is 2.95. The first kappa shape index (κ1) is 11.0. The summed E-state index contributed by atoms with van der Waals surface area (Å²) in [6.07, 6.45) is 3.62. The van der Waals surface area contributed by atoms with Crippen molar-refractivity contribution in [2.45, 2.75) is 38.0 Å². The molecule has 0 aliphatic carbocycles. The average Bonchev–Trinajstić information content (AvgIpc) is 2.76. The van der Waals surface area contributed by atoms with E-state index >= 15 is 0 Å². The van der Waals surface area contributed by atoms with Crippen molar-refractivity contribution in [3.63, 3.8) is 0 Å². The summed E-state index contributed by atoms with van der Waals surface area (Å²) in [5, 5.41) is 7.38. The van der Waals surface area contributed by atoms with Gasteiger partial charge in [0.2, 0.25) is 5.89 Å². The van der Waals surface area contributed by atoms with Crippen molar-refractivity contribution in [3.05, 3.63) is 11.7 Å². The van der Waals surface area contributed by atoms with Crippen LogP contribution in [0.5, 0.6) is 0 Å². The molecule has 1 atom stereocenters. The van der Waals surface area contributed by atoms with Crippen molar-refractivity contribution in [1.29, 1.82) is 0 Å². The fraction of sp³-hybridized carbons (Fsp3) is 0.800. The minimum Gasteiger partial charge on any atom is -0.338 e. The molecule has 1 fully saturated rings. The Bertz CT molecular complexity index is 297. The molecule has 0 spiro atoms. The molecule has 0 aromatic carbocycles. The molecular weight excluding hydrogens is 210 g/mol. The van der Waals surface area contributed by atoms with Crippen molar-refractivity contribution in [2.24, 2.45) is 0 Å².